The summed E-state index contributed by atoms with van der Waals surface area (Å²) in [6.07, 6.45) is 24.6. The molecule has 0 spiro atoms. The third-order valence-electron chi connectivity index (χ3n) is 6.58. The largest absolute Gasteiger partial charge is 0.378 e. The quantitative estimate of drug-likeness (QED) is 0.188. The summed E-state index contributed by atoms with van der Waals surface area (Å²) >= 11 is 0. The Balaban J connectivity index is 1.74. The van der Waals surface area contributed by atoms with Crippen molar-refractivity contribution in [1.29, 1.82) is 0 Å². The van der Waals surface area contributed by atoms with Gasteiger partial charge in [0.2, 0.25) is 5.91 Å². The van der Waals surface area contributed by atoms with Gasteiger partial charge in [-0.25, -0.2) is 0 Å². The van der Waals surface area contributed by atoms with E-state index in [1.54, 1.807) is 0 Å². The van der Waals surface area contributed by atoms with Crippen molar-refractivity contribution < 1.29 is 9.53 Å². The van der Waals surface area contributed by atoms with Crippen molar-refractivity contribution in [1.82, 2.24) is 10.2 Å². The molecule has 0 aromatic rings. The minimum atomic E-state index is 0.164. The topological polar surface area (TPSA) is 41.6 Å². The summed E-state index contributed by atoms with van der Waals surface area (Å²) in [5.74, 6) is 0.164. The van der Waals surface area contributed by atoms with E-state index in [0.29, 0.717) is 12.6 Å². The van der Waals surface area contributed by atoms with Crippen LogP contribution in [0, 0.1) is 0 Å². The Morgan fingerprint density at radius 2 is 1.32 bits per heavy atom. The summed E-state index contributed by atoms with van der Waals surface area (Å²) < 4.78 is 5.91. The van der Waals surface area contributed by atoms with Gasteiger partial charge in [0.05, 0.1) is 12.6 Å². The number of unbranched alkanes of at least 4 members (excludes halogenated alkanes) is 13. The molecule has 1 fully saturated rings. The third kappa shape index (κ3) is 18.6. The van der Waals surface area contributed by atoms with Crippen molar-refractivity contribution in [3.05, 3.63) is 0 Å². The minimum absolute atomic E-state index is 0.164. The first kappa shape index (κ1) is 28.4. The van der Waals surface area contributed by atoms with Gasteiger partial charge in [0.25, 0.3) is 0 Å². The number of ether oxygens (including phenoxy) is 1. The van der Waals surface area contributed by atoms with Gasteiger partial charge in [-0.15, -0.1) is 0 Å². The zero-order valence-electron chi connectivity index (χ0n) is 21.1. The van der Waals surface area contributed by atoms with Crippen LogP contribution in [-0.4, -0.2) is 49.7 Å². The molecule has 1 saturated heterocycles. The van der Waals surface area contributed by atoms with E-state index in [2.05, 4.69) is 24.1 Å². The van der Waals surface area contributed by atoms with Crippen LogP contribution in [0.1, 0.15) is 129 Å². The highest BCUT2D eigenvalue weighted by Gasteiger charge is 2.14. The highest BCUT2D eigenvalue weighted by Crippen LogP contribution is 2.14. The lowest BCUT2D eigenvalue weighted by Gasteiger charge is -2.15. The predicted octanol–water partition coefficient (Wildman–Crippen LogP) is 6.87. The number of carbonyl (C=O) groups is 1. The molecule has 1 amide bonds. The van der Waals surface area contributed by atoms with E-state index in [4.69, 9.17) is 4.74 Å². The maximum atomic E-state index is 11.9. The Kier molecular flexibility index (Phi) is 19.5. The van der Waals surface area contributed by atoms with Crippen molar-refractivity contribution in [3.8, 4) is 0 Å². The van der Waals surface area contributed by atoms with Crippen LogP contribution in [0.25, 0.3) is 0 Å². The number of carbonyl (C=O) groups excluding carboxylic acids is 1. The van der Waals surface area contributed by atoms with Crippen LogP contribution in [0.3, 0.4) is 0 Å². The second kappa shape index (κ2) is 21.2. The van der Waals surface area contributed by atoms with Gasteiger partial charge in [0.1, 0.15) is 0 Å². The Morgan fingerprint density at radius 1 is 0.806 bits per heavy atom. The summed E-state index contributed by atoms with van der Waals surface area (Å²) in [4.78, 5) is 14.1. The Morgan fingerprint density at radius 3 is 1.87 bits per heavy atom. The molecule has 4 heteroatoms. The Hall–Kier alpha value is -0.610. The maximum absolute atomic E-state index is 11.9. The van der Waals surface area contributed by atoms with Crippen molar-refractivity contribution in [2.45, 2.75) is 136 Å². The van der Waals surface area contributed by atoms with Gasteiger partial charge < -0.3 is 10.1 Å². The van der Waals surface area contributed by atoms with Gasteiger partial charge in [-0.05, 0) is 45.7 Å². The van der Waals surface area contributed by atoms with Crippen molar-refractivity contribution in [3.63, 3.8) is 0 Å². The average molecular weight is 439 g/mol. The number of hydrogen-bond acceptors (Lipinski definition) is 3. The van der Waals surface area contributed by atoms with E-state index in [1.165, 1.54) is 109 Å². The van der Waals surface area contributed by atoms with E-state index in [0.717, 1.165) is 32.7 Å². The summed E-state index contributed by atoms with van der Waals surface area (Å²) in [6, 6.07) is 0. The molecule has 1 aliphatic rings. The minimum Gasteiger partial charge on any atom is -0.378 e. The van der Waals surface area contributed by atoms with Crippen LogP contribution < -0.4 is 5.32 Å². The number of amides is 1. The number of hydrogen-bond donors (Lipinski definition) is 1. The summed E-state index contributed by atoms with van der Waals surface area (Å²) in [7, 11) is 0. The van der Waals surface area contributed by atoms with Gasteiger partial charge >= 0.3 is 0 Å². The van der Waals surface area contributed by atoms with E-state index in [1.807, 2.05) is 0 Å². The smallest absolute Gasteiger partial charge is 0.234 e. The second-order valence-electron chi connectivity index (χ2n) is 9.75. The van der Waals surface area contributed by atoms with Crippen molar-refractivity contribution in [2.24, 2.45) is 0 Å². The lowest BCUT2D eigenvalue weighted by molar-refractivity contribution is -0.122. The average Bonchev–Trinajstić information content (AvgIpc) is 3.26. The van der Waals surface area contributed by atoms with Crippen LogP contribution in [0.2, 0.25) is 0 Å². The number of rotatable bonds is 22. The Labute approximate surface area is 194 Å². The first-order chi connectivity index (χ1) is 15.2. The fourth-order valence-electron chi connectivity index (χ4n) is 4.49. The van der Waals surface area contributed by atoms with Gasteiger partial charge in [-0.1, -0.05) is 96.8 Å². The lowest BCUT2D eigenvalue weighted by atomic mass is 10.0. The van der Waals surface area contributed by atoms with Crippen molar-refractivity contribution >= 4 is 5.91 Å². The number of likely N-dealkylation sites (tertiary alicyclic amines) is 1. The molecule has 4 nitrogen and oxygen atoms in total. The third-order valence-corrected chi connectivity index (χ3v) is 6.58. The standard InChI is InChI=1S/C27H54N2O2/c1-3-4-5-6-7-8-9-10-11-12-13-14-15-16-20-26(2)31-24-19-21-28-27(30)25-29-22-17-18-23-29/h26H,3-25H2,1-2H3,(H,28,30). The molecule has 31 heavy (non-hydrogen) atoms. The molecule has 1 aliphatic heterocycles. The molecule has 0 aromatic heterocycles. The summed E-state index contributed by atoms with van der Waals surface area (Å²) in [5.41, 5.74) is 0. The fraction of sp³-hybridized carbons (Fsp3) is 0.963. The summed E-state index contributed by atoms with van der Waals surface area (Å²) in [6.45, 7) is 8.68. The molecule has 1 unspecified atom stereocenters. The molecule has 1 rings (SSSR count). The fourth-order valence-corrected chi connectivity index (χ4v) is 4.49. The molecular weight excluding hydrogens is 384 g/mol. The molecule has 0 aromatic carbocycles. The molecule has 1 atom stereocenters. The molecule has 1 heterocycles. The maximum Gasteiger partial charge on any atom is 0.234 e. The first-order valence-electron chi connectivity index (χ1n) is 13.8. The monoisotopic (exact) mass is 438 g/mol. The lowest BCUT2D eigenvalue weighted by Crippen LogP contribution is -2.36. The van der Waals surface area contributed by atoms with Gasteiger partial charge in [0, 0.05) is 13.2 Å². The predicted molar refractivity (Wildman–Crippen MR) is 134 cm³/mol. The van der Waals surface area contributed by atoms with Gasteiger partial charge in [0.15, 0.2) is 0 Å². The van der Waals surface area contributed by atoms with E-state index < -0.39 is 0 Å². The summed E-state index contributed by atoms with van der Waals surface area (Å²) in [5, 5.41) is 3.02. The van der Waals surface area contributed by atoms with Crippen molar-refractivity contribution in [2.75, 3.05) is 32.8 Å². The van der Waals surface area contributed by atoms with Gasteiger partial charge in [-0.3, -0.25) is 9.69 Å². The molecule has 184 valence electrons. The van der Waals surface area contributed by atoms with Crippen LogP contribution in [0.4, 0.5) is 0 Å². The Bertz CT molecular complexity index is 397. The SMILES string of the molecule is CCCCCCCCCCCCCCCCC(C)OCCCNC(=O)CN1CCCC1. The zero-order valence-corrected chi connectivity index (χ0v) is 21.1. The van der Waals surface area contributed by atoms with Crippen LogP contribution in [0.15, 0.2) is 0 Å². The highest BCUT2D eigenvalue weighted by molar-refractivity contribution is 5.77. The molecule has 0 saturated carbocycles. The zero-order chi connectivity index (χ0) is 22.4. The van der Waals surface area contributed by atoms with E-state index in [-0.39, 0.29) is 5.91 Å². The molecule has 0 radical (unpaired) electrons. The number of nitrogens with zero attached hydrogens (tertiary/aromatic N) is 1. The first-order valence-corrected chi connectivity index (χ1v) is 13.8. The van der Waals surface area contributed by atoms with Crippen LogP contribution in [-0.2, 0) is 9.53 Å². The van der Waals surface area contributed by atoms with E-state index >= 15 is 0 Å². The highest BCUT2D eigenvalue weighted by atomic mass is 16.5. The van der Waals surface area contributed by atoms with Crippen LogP contribution in [0.5, 0.6) is 0 Å². The van der Waals surface area contributed by atoms with Gasteiger partial charge in [-0.2, -0.15) is 0 Å². The number of nitrogens with one attached hydrogen (secondary N) is 1. The molecule has 0 bridgehead atoms. The van der Waals surface area contributed by atoms with Crippen LogP contribution >= 0.6 is 0 Å². The molecule has 0 aliphatic carbocycles. The normalized spacial score (nSPS) is 15.4. The van der Waals surface area contributed by atoms with E-state index in [9.17, 15) is 4.79 Å². The molecule has 1 N–H and O–H groups in total. The molecular formula is C27H54N2O2. The second-order valence-corrected chi connectivity index (χ2v) is 9.75.